The minimum absolute atomic E-state index is 0.166. The SMILES string of the molecule is CC1c2cccn2CCN1S(=O)(=O)c1cc(Cl)c([N+](=O)[O-])cc1F. The molecule has 1 unspecified atom stereocenters. The Morgan fingerprint density at radius 3 is 2.75 bits per heavy atom. The van der Waals surface area contributed by atoms with Crippen molar-refractivity contribution in [3.63, 3.8) is 0 Å². The van der Waals surface area contributed by atoms with E-state index in [9.17, 15) is 22.9 Å². The first-order chi connectivity index (χ1) is 11.2. The Labute approximate surface area is 142 Å². The molecule has 0 fully saturated rings. The van der Waals surface area contributed by atoms with Gasteiger partial charge in [0.2, 0.25) is 10.0 Å². The summed E-state index contributed by atoms with van der Waals surface area (Å²) in [6, 6.07) is 4.45. The lowest BCUT2D eigenvalue weighted by Crippen LogP contribution is -2.40. The number of rotatable bonds is 3. The maximum absolute atomic E-state index is 14.2. The summed E-state index contributed by atoms with van der Waals surface area (Å²) < 4.78 is 43.0. The van der Waals surface area contributed by atoms with Gasteiger partial charge in [-0.25, -0.2) is 12.8 Å². The number of benzene rings is 1. The van der Waals surface area contributed by atoms with Crippen molar-refractivity contribution in [1.82, 2.24) is 8.87 Å². The lowest BCUT2D eigenvalue weighted by Gasteiger charge is -2.33. The van der Waals surface area contributed by atoms with E-state index in [4.69, 9.17) is 11.6 Å². The fourth-order valence-corrected chi connectivity index (χ4v) is 4.84. The summed E-state index contributed by atoms with van der Waals surface area (Å²) in [5.41, 5.74) is 0.118. The number of sulfonamides is 1. The molecule has 0 amide bonds. The summed E-state index contributed by atoms with van der Waals surface area (Å²) in [6.07, 6.45) is 1.85. The van der Waals surface area contributed by atoms with Gasteiger partial charge in [-0.05, 0) is 25.1 Å². The van der Waals surface area contributed by atoms with E-state index < -0.39 is 42.4 Å². The molecule has 1 aromatic heterocycles. The second kappa shape index (κ2) is 5.83. The van der Waals surface area contributed by atoms with Gasteiger partial charge < -0.3 is 4.57 Å². The molecular formula is C14H13ClFN3O4S. The van der Waals surface area contributed by atoms with Gasteiger partial charge in [-0.1, -0.05) is 11.6 Å². The van der Waals surface area contributed by atoms with Crippen molar-refractivity contribution in [3.8, 4) is 0 Å². The molecule has 2 heterocycles. The Bertz CT molecular complexity index is 928. The average Bonchev–Trinajstić information content (AvgIpc) is 2.98. The lowest BCUT2D eigenvalue weighted by atomic mass is 10.2. The topological polar surface area (TPSA) is 85.5 Å². The normalized spacial score (nSPS) is 18.4. The van der Waals surface area contributed by atoms with Gasteiger partial charge in [0, 0.05) is 25.0 Å². The zero-order valence-electron chi connectivity index (χ0n) is 12.5. The van der Waals surface area contributed by atoms with E-state index in [1.54, 1.807) is 13.0 Å². The zero-order valence-corrected chi connectivity index (χ0v) is 14.1. The van der Waals surface area contributed by atoms with E-state index in [2.05, 4.69) is 0 Å². The van der Waals surface area contributed by atoms with Gasteiger partial charge in [-0.2, -0.15) is 4.31 Å². The van der Waals surface area contributed by atoms with Crippen LogP contribution in [0.2, 0.25) is 5.02 Å². The van der Waals surface area contributed by atoms with Gasteiger partial charge in [0.1, 0.15) is 15.7 Å². The molecule has 1 aliphatic heterocycles. The predicted octanol–water partition coefficient (Wildman–Crippen LogP) is 2.95. The number of nitro groups is 1. The second-order valence-electron chi connectivity index (χ2n) is 5.41. The molecule has 10 heteroatoms. The minimum atomic E-state index is -4.19. The Hall–Kier alpha value is -1.97. The standard InChI is InChI=1S/C14H13ClFN3O4S/c1-9-12-3-2-4-17(12)5-6-18(9)24(22,23)14-7-10(15)13(19(20)21)8-11(14)16/h2-4,7-9H,5-6H2,1H3. The number of hydrogen-bond donors (Lipinski definition) is 0. The van der Waals surface area contributed by atoms with Crippen LogP contribution >= 0.6 is 11.6 Å². The van der Waals surface area contributed by atoms with Crippen molar-refractivity contribution >= 4 is 27.3 Å². The Morgan fingerprint density at radius 2 is 2.08 bits per heavy atom. The molecule has 0 saturated heterocycles. The molecular weight excluding hydrogens is 361 g/mol. The number of fused-ring (bicyclic) bond motifs is 1. The number of nitrogens with zero attached hydrogens (tertiary/aromatic N) is 3. The van der Waals surface area contributed by atoms with Crippen LogP contribution in [0, 0.1) is 15.9 Å². The first-order valence-corrected chi connectivity index (χ1v) is 8.85. The monoisotopic (exact) mass is 373 g/mol. The smallest absolute Gasteiger partial charge is 0.290 e. The fraction of sp³-hybridized carbons (Fsp3) is 0.286. The molecule has 1 atom stereocenters. The molecule has 1 aliphatic rings. The zero-order chi connectivity index (χ0) is 17.6. The van der Waals surface area contributed by atoms with Crippen LogP contribution in [0.5, 0.6) is 0 Å². The number of nitro benzene ring substituents is 1. The highest BCUT2D eigenvalue weighted by Crippen LogP contribution is 2.35. The summed E-state index contributed by atoms with van der Waals surface area (Å²) in [5.74, 6) is -1.20. The van der Waals surface area contributed by atoms with Crippen molar-refractivity contribution in [1.29, 1.82) is 0 Å². The van der Waals surface area contributed by atoms with Gasteiger partial charge in [-0.3, -0.25) is 10.1 Å². The average molecular weight is 374 g/mol. The molecule has 0 spiro atoms. The highest BCUT2D eigenvalue weighted by molar-refractivity contribution is 7.89. The molecule has 7 nitrogen and oxygen atoms in total. The van der Waals surface area contributed by atoms with Crippen LogP contribution in [0.1, 0.15) is 18.7 Å². The quantitative estimate of drug-likeness (QED) is 0.611. The Morgan fingerprint density at radius 1 is 1.38 bits per heavy atom. The lowest BCUT2D eigenvalue weighted by molar-refractivity contribution is -0.384. The number of hydrogen-bond acceptors (Lipinski definition) is 4. The van der Waals surface area contributed by atoms with Crippen LogP contribution in [-0.2, 0) is 16.6 Å². The first-order valence-electron chi connectivity index (χ1n) is 7.04. The number of aromatic nitrogens is 1. The third kappa shape index (κ3) is 2.58. The Balaban J connectivity index is 2.06. The van der Waals surface area contributed by atoms with E-state index in [0.717, 1.165) is 11.8 Å². The van der Waals surface area contributed by atoms with Crippen LogP contribution in [0.4, 0.5) is 10.1 Å². The maximum Gasteiger partial charge on any atom is 0.290 e. The first kappa shape index (κ1) is 16.9. The van der Waals surface area contributed by atoms with Crippen LogP contribution in [0.3, 0.4) is 0 Å². The summed E-state index contributed by atoms with van der Waals surface area (Å²) in [7, 11) is -4.19. The van der Waals surface area contributed by atoms with Crippen molar-refractivity contribution < 1.29 is 17.7 Å². The van der Waals surface area contributed by atoms with Crippen LogP contribution in [0.15, 0.2) is 35.4 Å². The van der Waals surface area contributed by atoms with Gasteiger partial charge in [0.25, 0.3) is 5.69 Å². The molecule has 0 aliphatic carbocycles. The molecule has 128 valence electrons. The van der Waals surface area contributed by atoms with E-state index in [1.807, 2.05) is 16.8 Å². The summed E-state index contributed by atoms with van der Waals surface area (Å²) >= 11 is 5.75. The third-order valence-electron chi connectivity index (χ3n) is 4.07. The van der Waals surface area contributed by atoms with Crippen LogP contribution in [0.25, 0.3) is 0 Å². The third-order valence-corrected chi connectivity index (χ3v) is 6.36. The van der Waals surface area contributed by atoms with Gasteiger partial charge in [0.05, 0.1) is 17.0 Å². The largest absolute Gasteiger partial charge is 0.349 e. The molecule has 2 aromatic rings. The van der Waals surface area contributed by atoms with Crippen molar-refractivity contribution in [3.05, 3.63) is 57.1 Å². The molecule has 3 rings (SSSR count). The van der Waals surface area contributed by atoms with E-state index in [-0.39, 0.29) is 6.54 Å². The maximum atomic E-state index is 14.2. The van der Waals surface area contributed by atoms with E-state index in [1.165, 1.54) is 4.31 Å². The van der Waals surface area contributed by atoms with Crippen molar-refractivity contribution in [2.45, 2.75) is 24.4 Å². The summed E-state index contributed by atoms with van der Waals surface area (Å²) in [4.78, 5) is 9.26. The van der Waals surface area contributed by atoms with Gasteiger partial charge in [0.15, 0.2) is 0 Å². The predicted molar refractivity (Wildman–Crippen MR) is 84.8 cm³/mol. The highest BCUT2D eigenvalue weighted by Gasteiger charge is 2.36. The van der Waals surface area contributed by atoms with E-state index >= 15 is 0 Å². The van der Waals surface area contributed by atoms with Gasteiger partial charge in [-0.15, -0.1) is 0 Å². The molecule has 24 heavy (non-hydrogen) atoms. The van der Waals surface area contributed by atoms with E-state index in [0.29, 0.717) is 12.6 Å². The fourth-order valence-electron chi connectivity index (χ4n) is 2.87. The van der Waals surface area contributed by atoms with Crippen LogP contribution in [-0.4, -0.2) is 28.8 Å². The molecule has 0 radical (unpaired) electrons. The minimum Gasteiger partial charge on any atom is -0.349 e. The highest BCUT2D eigenvalue weighted by atomic mass is 35.5. The van der Waals surface area contributed by atoms with Gasteiger partial charge >= 0.3 is 0 Å². The van der Waals surface area contributed by atoms with Crippen LogP contribution < -0.4 is 0 Å². The molecule has 0 saturated carbocycles. The number of halogens is 2. The molecule has 1 aromatic carbocycles. The molecule has 0 bridgehead atoms. The summed E-state index contributed by atoms with van der Waals surface area (Å²) in [5, 5.41) is 10.4. The second-order valence-corrected chi connectivity index (χ2v) is 7.68. The van der Waals surface area contributed by atoms with Crippen molar-refractivity contribution in [2.24, 2.45) is 0 Å². The molecule has 0 N–H and O–H groups in total. The summed E-state index contributed by atoms with van der Waals surface area (Å²) in [6.45, 7) is 2.31. The van der Waals surface area contributed by atoms with Crippen molar-refractivity contribution in [2.75, 3.05) is 6.54 Å². The Kier molecular flexibility index (Phi) is 4.10.